The molecule has 1 saturated heterocycles. The number of thiophene rings is 1. The first-order valence-corrected chi connectivity index (χ1v) is 15.5. The van der Waals surface area contributed by atoms with Crippen LogP contribution in [-0.4, -0.2) is 54.3 Å². The third-order valence-corrected chi connectivity index (χ3v) is 11.4. The van der Waals surface area contributed by atoms with Crippen LogP contribution in [0, 0.1) is 0 Å². The van der Waals surface area contributed by atoms with E-state index in [2.05, 4.69) is 10.3 Å². The largest absolute Gasteiger partial charge is 0.444 e. The average molecular weight is 595 g/mol. The van der Waals surface area contributed by atoms with Gasteiger partial charge in [0.25, 0.3) is 0 Å². The molecule has 1 unspecified atom stereocenters. The first-order valence-electron chi connectivity index (χ1n) is 13.1. The molecule has 3 N–H and O–H groups in total. The molecule has 10 nitrogen and oxygen atoms in total. The summed E-state index contributed by atoms with van der Waals surface area (Å²) in [6.07, 6.45) is 2.52. The van der Waals surface area contributed by atoms with E-state index in [1.54, 1.807) is 17.7 Å². The van der Waals surface area contributed by atoms with Crippen LogP contribution < -0.4 is 10.8 Å². The summed E-state index contributed by atoms with van der Waals surface area (Å²) < 4.78 is 31.5. The van der Waals surface area contributed by atoms with Gasteiger partial charge in [-0.25, -0.2) is 23.7 Å². The third-order valence-electron chi connectivity index (χ3n) is 7.45. The minimum Gasteiger partial charge on any atom is -0.444 e. The van der Waals surface area contributed by atoms with E-state index in [0.29, 0.717) is 10.6 Å². The van der Waals surface area contributed by atoms with E-state index in [4.69, 9.17) is 4.42 Å². The molecule has 0 radical (unpaired) electrons. The van der Waals surface area contributed by atoms with Crippen molar-refractivity contribution in [3.8, 4) is 21.8 Å². The van der Waals surface area contributed by atoms with Crippen molar-refractivity contribution in [1.82, 2.24) is 20.7 Å². The number of amides is 3. The molecule has 1 aliphatic heterocycles. The molecule has 214 valence electrons. The summed E-state index contributed by atoms with van der Waals surface area (Å²) in [7, 11) is -3.93. The van der Waals surface area contributed by atoms with Gasteiger partial charge in [0.05, 0.1) is 24.4 Å². The summed E-state index contributed by atoms with van der Waals surface area (Å²) in [4.78, 5) is 32.4. The summed E-state index contributed by atoms with van der Waals surface area (Å²) in [5, 5.41) is 12.3. The Morgan fingerprint density at radius 1 is 1.07 bits per heavy atom. The number of hydrogen-bond acceptors (Lipinski definition) is 8. The predicted molar refractivity (Wildman–Crippen MR) is 155 cm³/mol. The van der Waals surface area contributed by atoms with E-state index in [-0.39, 0.29) is 37.3 Å². The van der Waals surface area contributed by atoms with E-state index >= 15 is 0 Å². The molecule has 1 aliphatic rings. The van der Waals surface area contributed by atoms with Crippen molar-refractivity contribution in [2.75, 3.05) is 18.8 Å². The number of oxazole rings is 1. The number of rotatable bonds is 7. The van der Waals surface area contributed by atoms with Crippen LogP contribution >= 0.6 is 11.3 Å². The van der Waals surface area contributed by atoms with Crippen LogP contribution in [0.5, 0.6) is 0 Å². The highest BCUT2D eigenvalue weighted by molar-refractivity contribution is 7.92. The Bertz CT molecular complexity index is 1600. The molecule has 41 heavy (non-hydrogen) atoms. The Hall–Kier alpha value is -4.00. The lowest BCUT2D eigenvalue weighted by atomic mass is 9.97. The number of nitrogens with zero attached hydrogens (tertiary/aromatic N) is 2. The molecule has 2 atom stereocenters. The quantitative estimate of drug-likeness (QED) is 0.207. The third kappa shape index (κ3) is 5.90. The van der Waals surface area contributed by atoms with Gasteiger partial charge in [0.2, 0.25) is 5.91 Å². The van der Waals surface area contributed by atoms with Gasteiger partial charge in [-0.1, -0.05) is 54.6 Å². The minimum absolute atomic E-state index is 0.000274. The number of aromatic nitrogens is 1. The molecule has 0 aliphatic carbocycles. The Balaban J connectivity index is 1.41. The fourth-order valence-electron chi connectivity index (χ4n) is 5.07. The Kier molecular flexibility index (Phi) is 8.25. The second kappa shape index (κ2) is 11.9. The number of benzene rings is 2. The minimum atomic E-state index is -3.93. The van der Waals surface area contributed by atoms with Crippen LogP contribution in [0.15, 0.2) is 83.7 Å². The van der Waals surface area contributed by atoms with Crippen LogP contribution in [0.1, 0.15) is 36.2 Å². The number of urea groups is 1. The second-order valence-electron chi connectivity index (χ2n) is 9.95. The number of carbonyl (C=O) groups is 2. The molecule has 3 amide bonds. The van der Waals surface area contributed by atoms with Gasteiger partial charge in [0, 0.05) is 28.4 Å². The summed E-state index contributed by atoms with van der Waals surface area (Å²) in [6, 6.07) is 20.0. The highest BCUT2D eigenvalue weighted by Crippen LogP contribution is 2.45. The van der Waals surface area contributed by atoms with Gasteiger partial charge in [-0.3, -0.25) is 10.0 Å². The number of carbonyl (C=O) groups excluding carboxylic acids is 2. The predicted octanol–water partition coefficient (Wildman–Crippen LogP) is 4.75. The number of sulfone groups is 1. The van der Waals surface area contributed by atoms with Crippen molar-refractivity contribution >= 4 is 33.1 Å². The molecule has 2 aromatic carbocycles. The molecule has 3 heterocycles. The van der Waals surface area contributed by atoms with Gasteiger partial charge >= 0.3 is 6.03 Å². The summed E-state index contributed by atoms with van der Waals surface area (Å²) >= 11 is 1.28. The molecule has 4 aromatic rings. The molecule has 0 bridgehead atoms. The highest BCUT2D eigenvalue weighted by Gasteiger charge is 2.50. The number of hydroxylamine groups is 1. The Labute approximate surface area is 241 Å². The zero-order chi connectivity index (χ0) is 29.0. The van der Waals surface area contributed by atoms with Gasteiger partial charge in [0.15, 0.2) is 22.0 Å². The van der Waals surface area contributed by atoms with Gasteiger partial charge in [0.1, 0.15) is 4.75 Å². The maximum absolute atomic E-state index is 13.9. The van der Waals surface area contributed by atoms with Gasteiger partial charge in [-0.2, -0.15) is 0 Å². The van der Waals surface area contributed by atoms with Crippen molar-refractivity contribution in [2.45, 2.75) is 30.6 Å². The highest BCUT2D eigenvalue weighted by atomic mass is 32.2. The van der Waals surface area contributed by atoms with Crippen molar-refractivity contribution in [3.63, 3.8) is 0 Å². The van der Waals surface area contributed by atoms with Gasteiger partial charge < -0.3 is 14.6 Å². The lowest BCUT2D eigenvalue weighted by molar-refractivity contribution is -0.129. The normalized spacial score (nSPS) is 19.2. The zero-order valence-corrected chi connectivity index (χ0v) is 24.0. The molecule has 0 saturated carbocycles. The lowest BCUT2D eigenvalue weighted by Gasteiger charge is -2.30. The molecule has 5 rings (SSSR count). The smallest absolute Gasteiger partial charge is 0.317 e. The van der Waals surface area contributed by atoms with E-state index < -0.39 is 26.9 Å². The molecule has 1 fully saturated rings. The van der Waals surface area contributed by atoms with Crippen LogP contribution in [-0.2, 0) is 19.4 Å². The van der Waals surface area contributed by atoms with Crippen LogP contribution in [0.4, 0.5) is 4.79 Å². The second-order valence-corrected chi connectivity index (χ2v) is 13.5. The fraction of sp³-hybridized carbons (Fsp3) is 0.276. The Morgan fingerprint density at radius 2 is 1.80 bits per heavy atom. The van der Waals surface area contributed by atoms with E-state index in [1.807, 2.05) is 67.6 Å². The van der Waals surface area contributed by atoms with E-state index in [9.17, 15) is 23.2 Å². The number of nitrogens with one attached hydrogen (secondary N) is 2. The van der Waals surface area contributed by atoms with Gasteiger partial charge in [-0.05, 0) is 36.6 Å². The molecule has 2 aromatic heterocycles. The number of hydrogen-bond donors (Lipinski definition) is 3. The van der Waals surface area contributed by atoms with Crippen LogP contribution in [0.3, 0.4) is 0 Å². The monoisotopic (exact) mass is 594 g/mol. The zero-order valence-electron chi connectivity index (χ0n) is 22.3. The van der Waals surface area contributed by atoms with E-state index in [0.717, 1.165) is 21.6 Å². The first kappa shape index (κ1) is 28.5. The molecular formula is C29H30N4O6S2. The van der Waals surface area contributed by atoms with E-state index in [1.165, 1.54) is 22.6 Å². The maximum Gasteiger partial charge on any atom is 0.317 e. The lowest BCUT2D eigenvalue weighted by Crippen LogP contribution is -2.42. The van der Waals surface area contributed by atoms with Crippen molar-refractivity contribution < 1.29 is 27.6 Å². The van der Waals surface area contributed by atoms with Crippen molar-refractivity contribution in [2.24, 2.45) is 0 Å². The summed E-state index contributed by atoms with van der Waals surface area (Å²) in [5.41, 5.74) is 4.24. The Morgan fingerprint density at radius 3 is 2.49 bits per heavy atom. The fourth-order valence-corrected chi connectivity index (χ4v) is 8.68. The standard InChI is InChI=1S/C29H30N4O6S2/c1-20(21-5-3-2-4-6-21)31-28(35)33-14-13-29(17-27(34)32-36,41(37,38)16-15-33)26-12-11-25(40-26)23-9-7-22(8-10-23)24-18-30-19-39-24/h2-12,18-20,36H,13-17H2,1H3,(H,31,35)(H,32,34)/t20-,29?/m1/s1. The molecular weight excluding hydrogens is 564 g/mol. The molecule has 12 heteroatoms. The topological polar surface area (TPSA) is 142 Å². The molecule has 0 spiro atoms. The summed E-state index contributed by atoms with van der Waals surface area (Å²) in [5.74, 6) is -0.498. The maximum atomic E-state index is 13.9. The average Bonchev–Trinajstić information content (AvgIpc) is 3.68. The SMILES string of the molecule is C[C@@H](NC(=O)N1CCC(CC(=O)NO)(c2ccc(-c3ccc(-c4cnco4)cc3)s2)S(=O)(=O)CC1)c1ccccc1. The van der Waals surface area contributed by atoms with Crippen molar-refractivity contribution in [1.29, 1.82) is 0 Å². The first-order chi connectivity index (χ1) is 19.7. The summed E-state index contributed by atoms with van der Waals surface area (Å²) in [6.45, 7) is 1.97. The van der Waals surface area contributed by atoms with Gasteiger partial charge in [-0.15, -0.1) is 11.3 Å². The van der Waals surface area contributed by atoms with Crippen LogP contribution in [0.25, 0.3) is 21.8 Å². The van der Waals surface area contributed by atoms with Crippen molar-refractivity contribution in [3.05, 3.63) is 89.8 Å². The van der Waals surface area contributed by atoms with Crippen LogP contribution in [0.2, 0.25) is 0 Å².